The van der Waals surface area contributed by atoms with Gasteiger partial charge in [-0.05, 0) is 29.3 Å². The Morgan fingerprint density at radius 2 is 1.71 bits per heavy atom. The van der Waals surface area contributed by atoms with Gasteiger partial charge in [0, 0.05) is 25.1 Å². The van der Waals surface area contributed by atoms with Gasteiger partial charge in [-0.15, -0.1) is 0 Å². The summed E-state index contributed by atoms with van der Waals surface area (Å²) in [5, 5.41) is 3.57. The van der Waals surface area contributed by atoms with E-state index < -0.39 is 0 Å². The molecule has 104 valence electrons. The number of rotatable bonds is 5. The molecule has 3 aromatic rings. The molecule has 0 saturated carbocycles. The molecule has 0 amide bonds. The van der Waals surface area contributed by atoms with E-state index in [9.17, 15) is 0 Å². The molecule has 2 aromatic heterocycles. The van der Waals surface area contributed by atoms with E-state index in [0.29, 0.717) is 0 Å². The van der Waals surface area contributed by atoms with Crippen LogP contribution in [0.2, 0.25) is 0 Å². The van der Waals surface area contributed by atoms with Gasteiger partial charge < -0.3 is 5.32 Å². The second-order valence-corrected chi connectivity index (χ2v) is 4.84. The summed E-state index contributed by atoms with van der Waals surface area (Å²) in [4.78, 5) is 8.64. The number of pyridine rings is 2. The van der Waals surface area contributed by atoms with E-state index in [0.717, 1.165) is 17.8 Å². The highest BCUT2D eigenvalue weighted by molar-refractivity contribution is 5.27. The molecule has 1 N–H and O–H groups in total. The smallest absolute Gasteiger partial charge is 0.0754 e. The van der Waals surface area contributed by atoms with E-state index in [1.54, 1.807) is 6.20 Å². The number of hydrogen-bond acceptors (Lipinski definition) is 3. The van der Waals surface area contributed by atoms with Gasteiger partial charge in [0.1, 0.15) is 0 Å². The minimum Gasteiger partial charge on any atom is -0.301 e. The Balaban J connectivity index is 1.83. The van der Waals surface area contributed by atoms with Crippen LogP contribution in [0.5, 0.6) is 0 Å². The molecular formula is C18H17N3. The number of benzene rings is 1. The molecule has 21 heavy (non-hydrogen) atoms. The fourth-order valence-corrected chi connectivity index (χ4v) is 2.31. The average molecular weight is 275 g/mol. The Bertz CT molecular complexity index is 614. The highest BCUT2D eigenvalue weighted by Crippen LogP contribution is 2.20. The molecule has 0 aliphatic carbocycles. The fraction of sp³-hybridized carbons (Fsp3) is 0.111. The molecule has 0 fully saturated rings. The molecular weight excluding hydrogens is 258 g/mol. The molecule has 1 atom stereocenters. The molecule has 2 heterocycles. The number of hydrogen-bond donors (Lipinski definition) is 1. The maximum atomic E-state index is 4.49. The lowest BCUT2D eigenvalue weighted by Crippen LogP contribution is -2.22. The standard InChI is InChI=1S/C18H17N3/c1-2-8-16(9-3-1)18(17-10-4-5-12-20-17)21-14-15-7-6-11-19-13-15/h1-13,18,21H,14H2. The molecule has 0 spiro atoms. The summed E-state index contributed by atoms with van der Waals surface area (Å²) in [5.41, 5.74) is 3.39. The van der Waals surface area contributed by atoms with E-state index >= 15 is 0 Å². The average Bonchev–Trinajstić information content (AvgIpc) is 2.58. The summed E-state index contributed by atoms with van der Waals surface area (Å²) in [6.07, 6.45) is 5.50. The minimum absolute atomic E-state index is 0.0765. The molecule has 1 unspecified atom stereocenters. The van der Waals surface area contributed by atoms with Crippen molar-refractivity contribution in [3.8, 4) is 0 Å². The van der Waals surface area contributed by atoms with Crippen molar-refractivity contribution >= 4 is 0 Å². The molecule has 0 bridgehead atoms. The highest BCUT2D eigenvalue weighted by atomic mass is 14.9. The minimum atomic E-state index is 0.0765. The normalized spacial score (nSPS) is 12.0. The summed E-state index contributed by atoms with van der Waals surface area (Å²) in [6, 6.07) is 20.5. The zero-order valence-corrected chi connectivity index (χ0v) is 11.7. The van der Waals surface area contributed by atoms with Crippen molar-refractivity contribution in [2.75, 3.05) is 0 Å². The molecule has 3 heteroatoms. The van der Waals surface area contributed by atoms with Gasteiger partial charge in [0.2, 0.25) is 0 Å². The first-order chi connectivity index (χ1) is 10.4. The number of nitrogens with one attached hydrogen (secondary N) is 1. The third kappa shape index (κ3) is 3.52. The Morgan fingerprint density at radius 3 is 2.43 bits per heavy atom. The fourth-order valence-electron chi connectivity index (χ4n) is 2.31. The van der Waals surface area contributed by atoms with Gasteiger partial charge in [0.15, 0.2) is 0 Å². The molecule has 0 saturated heterocycles. The first kappa shape index (κ1) is 13.5. The van der Waals surface area contributed by atoms with E-state index in [2.05, 4.69) is 45.6 Å². The van der Waals surface area contributed by atoms with E-state index in [-0.39, 0.29) is 6.04 Å². The van der Waals surface area contributed by atoms with Crippen LogP contribution in [0.4, 0.5) is 0 Å². The zero-order chi connectivity index (χ0) is 14.3. The predicted octanol–water partition coefficient (Wildman–Crippen LogP) is 3.36. The summed E-state index contributed by atoms with van der Waals surface area (Å²) in [5.74, 6) is 0. The molecule has 3 rings (SSSR count). The van der Waals surface area contributed by atoms with Gasteiger partial charge in [-0.25, -0.2) is 0 Å². The highest BCUT2D eigenvalue weighted by Gasteiger charge is 2.14. The lowest BCUT2D eigenvalue weighted by molar-refractivity contribution is 0.591. The molecule has 0 radical (unpaired) electrons. The lowest BCUT2D eigenvalue weighted by atomic mass is 10.0. The van der Waals surface area contributed by atoms with Crippen LogP contribution in [0.15, 0.2) is 79.3 Å². The Kier molecular flexibility index (Phi) is 4.34. The van der Waals surface area contributed by atoms with Crippen LogP contribution in [-0.2, 0) is 6.54 Å². The van der Waals surface area contributed by atoms with Crippen LogP contribution in [0.25, 0.3) is 0 Å². The topological polar surface area (TPSA) is 37.8 Å². The first-order valence-electron chi connectivity index (χ1n) is 7.01. The van der Waals surface area contributed by atoms with E-state index in [1.165, 1.54) is 5.56 Å². The quantitative estimate of drug-likeness (QED) is 0.776. The van der Waals surface area contributed by atoms with E-state index in [1.807, 2.05) is 42.7 Å². The van der Waals surface area contributed by atoms with Crippen molar-refractivity contribution in [2.24, 2.45) is 0 Å². The van der Waals surface area contributed by atoms with Crippen LogP contribution in [-0.4, -0.2) is 9.97 Å². The number of aromatic nitrogens is 2. The second kappa shape index (κ2) is 6.77. The Labute approximate surface area is 124 Å². The van der Waals surface area contributed by atoms with Crippen LogP contribution < -0.4 is 5.32 Å². The summed E-state index contributed by atoms with van der Waals surface area (Å²) >= 11 is 0. The van der Waals surface area contributed by atoms with Crippen molar-refractivity contribution in [3.05, 3.63) is 96.1 Å². The van der Waals surface area contributed by atoms with Gasteiger partial charge in [-0.1, -0.05) is 42.5 Å². The molecule has 3 nitrogen and oxygen atoms in total. The number of nitrogens with zero attached hydrogens (tertiary/aromatic N) is 2. The van der Waals surface area contributed by atoms with Crippen molar-refractivity contribution < 1.29 is 0 Å². The van der Waals surface area contributed by atoms with Crippen LogP contribution in [0, 0.1) is 0 Å². The maximum absolute atomic E-state index is 4.49. The van der Waals surface area contributed by atoms with Crippen LogP contribution >= 0.6 is 0 Å². The van der Waals surface area contributed by atoms with E-state index in [4.69, 9.17) is 0 Å². The van der Waals surface area contributed by atoms with Gasteiger partial charge in [0.05, 0.1) is 11.7 Å². The first-order valence-corrected chi connectivity index (χ1v) is 7.01. The summed E-state index contributed by atoms with van der Waals surface area (Å²) in [7, 11) is 0. The zero-order valence-electron chi connectivity index (χ0n) is 11.7. The van der Waals surface area contributed by atoms with Gasteiger partial charge >= 0.3 is 0 Å². The largest absolute Gasteiger partial charge is 0.301 e. The summed E-state index contributed by atoms with van der Waals surface area (Å²) < 4.78 is 0. The molecule has 1 aromatic carbocycles. The van der Waals surface area contributed by atoms with Crippen molar-refractivity contribution in [2.45, 2.75) is 12.6 Å². The van der Waals surface area contributed by atoms with Gasteiger partial charge in [-0.3, -0.25) is 9.97 Å². The second-order valence-electron chi connectivity index (χ2n) is 4.84. The molecule has 0 aliphatic heterocycles. The van der Waals surface area contributed by atoms with Crippen molar-refractivity contribution in [1.29, 1.82) is 0 Å². The van der Waals surface area contributed by atoms with Crippen molar-refractivity contribution in [1.82, 2.24) is 15.3 Å². The lowest BCUT2D eigenvalue weighted by Gasteiger charge is -2.18. The van der Waals surface area contributed by atoms with Crippen LogP contribution in [0.3, 0.4) is 0 Å². The predicted molar refractivity (Wildman–Crippen MR) is 83.6 cm³/mol. The molecule has 0 aliphatic rings. The SMILES string of the molecule is c1ccc(C(NCc2cccnc2)c2ccccn2)cc1. The van der Waals surface area contributed by atoms with Gasteiger partial charge in [-0.2, -0.15) is 0 Å². The van der Waals surface area contributed by atoms with Crippen molar-refractivity contribution in [3.63, 3.8) is 0 Å². The Hall–Kier alpha value is -2.52. The monoisotopic (exact) mass is 275 g/mol. The third-order valence-electron chi connectivity index (χ3n) is 3.35. The maximum Gasteiger partial charge on any atom is 0.0754 e. The van der Waals surface area contributed by atoms with Crippen LogP contribution in [0.1, 0.15) is 22.9 Å². The third-order valence-corrected chi connectivity index (χ3v) is 3.35. The Morgan fingerprint density at radius 1 is 0.857 bits per heavy atom. The van der Waals surface area contributed by atoms with Gasteiger partial charge in [0.25, 0.3) is 0 Å². The summed E-state index contributed by atoms with van der Waals surface area (Å²) in [6.45, 7) is 0.754.